The summed E-state index contributed by atoms with van der Waals surface area (Å²) in [5.74, 6) is 0.809. The third kappa shape index (κ3) is 3.08. The zero-order valence-corrected chi connectivity index (χ0v) is 14.7. The van der Waals surface area contributed by atoms with Gasteiger partial charge in [-0.25, -0.2) is 4.98 Å². The number of benzene rings is 1. The number of carbonyl (C=O) groups excluding carboxylic acids is 1. The van der Waals surface area contributed by atoms with Gasteiger partial charge in [0.05, 0.1) is 22.8 Å². The van der Waals surface area contributed by atoms with Gasteiger partial charge < -0.3 is 9.88 Å². The fraction of sp³-hybridized carbons (Fsp3) is 0.550. The molecule has 0 aliphatic heterocycles. The van der Waals surface area contributed by atoms with Crippen molar-refractivity contribution in [3.05, 3.63) is 40.4 Å². The number of hydrogen-bond donors (Lipinski definition) is 1. The van der Waals surface area contributed by atoms with Crippen LogP contribution in [0.5, 0.6) is 0 Å². The van der Waals surface area contributed by atoms with Gasteiger partial charge in [0.1, 0.15) is 0 Å². The lowest BCUT2D eigenvalue weighted by Crippen LogP contribution is -2.44. The van der Waals surface area contributed by atoms with Gasteiger partial charge in [-0.1, -0.05) is 19.4 Å². The van der Waals surface area contributed by atoms with Crippen molar-refractivity contribution in [2.24, 2.45) is 5.92 Å². The van der Waals surface area contributed by atoms with Gasteiger partial charge >= 0.3 is 0 Å². The minimum Gasteiger partial charge on any atom is -0.333 e. The van der Waals surface area contributed by atoms with Crippen molar-refractivity contribution >= 4 is 16.8 Å². The summed E-state index contributed by atoms with van der Waals surface area (Å²) in [7, 11) is 0. The van der Waals surface area contributed by atoms with E-state index in [0.717, 1.165) is 31.6 Å². The highest BCUT2D eigenvalue weighted by atomic mass is 16.2. The van der Waals surface area contributed by atoms with Crippen molar-refractivity contribution in [2.45, 2.75) is 64.0 Å². The number of aromatic nitrogens is 2. The second-order valence-corrected chi connectivity index (χ2v) is 7.46. The molecule has 1 heterocycles. The maximum Gasteiger partial charge on any atom is 0.259 e. The second kappa shape index (κ2) is 6.62. The lowest BCUT2D eigenvalue weighted by molar-refractivity contribution is 0.0589. The Balaban J connectivity index is 1.68. The third-order valence-electron chi connectivity index (χ3n) is 5.86. The van der Waals surface area contributed by atoms with Crippen molar-refractivity contribution in [3.63, 3.8) is 0 Å². The zero-order valence-electron chi connectivity index (χ0n) is 14.7. The number of fused-ring (bicyclic) bond motifs is 1. The van der Waals surface area contributed by atoms with E-state index < -0.39 is 0 Å². The largest absolute Gasteiger partial charge is 0.333 e. The van der Waals surface area contributed by atoms with Crippen molar-refractivity contribution in [3.8, 4) is 0 Å². The van der Waals surface area contributed by atoms with Crippen LogP contribution in [0.3, 0.4) is 0 Å². The van der Waals surface area contributed by atoms with Crippen LogP contribution >= 0.6 is 0 Å². The lowest BCUT2D eigenvalue weighted by Gasteiger charge is -2.37. The van der Waals surface area contributed by atoms with Crippen LogP contribution in [0.25, 0.3) is 10.9 Å². The molecule has 0 saturated heterocycles. The van der Waals surface area contributed by atoms with E-state index in [1.54, 1.807) is 12.1 Å². The molecule has 4 rings (SSSR count). The smallest absolute Gasteiger partial charge is 0.259 e. The monoisotopic (exact) mass is 339 g/mol. The molecule has 5 nitrogen and oxygen atoms in total. The first kappa shape index (κ1) is 16.3. The zero-order chi connectivity index (χ0) is 17.4. The van der Waals surface area contributed by atoms with Crippen molar-refractivity contribution in [1.29, 1.82) is 0 Å². The van der Waals surface area contributed by atoms with Gasteiger partial charge in [-0.3, -0.25) is 9.59 Å². The van der Waals surface area contributed by atoms with Crippen molar-refractivity contribution in [1.82, 2.24) is 14.9 Å². The topological polar surface area (TPSA) is 66.1 Å². The Morgan fingerprint density at radius 3 is 2.48 bits per heavy atom. The van der Waals surface area contributed by atoms with Crippen LogP contribution in [0.2, 0.25) is 0 Å². The Labute approximate surface area is 147 Å². The van der Waals surface area contributed by atoms with Crippen LogP contribution in [0, 0.1) is 5.92 Å². The number of nitrogens with one attached hydrogen (secondary N) is 1. The minimum atomic E-state index is -0.237. The predicted molar refractivity (Wildman–Crippen MR) is 97.6 cm³/mol. The summed E-state index contributed by atoms with van der Waals surface area (Å²) in [4.78, 5) is 34.6. The number of rotatable bonds is 4. The highest BCUT2D eigenvalue weighted by Crippen LogP contribution is 2.37. The Bertz CT molecular complexity index is 827. The maximum atomic E-state index is 13.4. The first-order valence-corrected chi connectivity index (χ1v) is 9.48. The van der Waals surface area contributed by atoms with Crippen LogP contribution in [0.4, 0.5) is 0 Å². The highest BCUT2D eigenvalue weighted by molar-refractivity contribution is 6.06. The average molecular weight is 339 g/mol. The van der Waals surface area contributed by atoms with Crippen LogP contribution < -0.4 is 5.56 Å². The van der Waals surface area contributed by atoms with Gasteiger partial charge in [-0.05, 0) is 56.6 Å². The molecule has 132 valence electrons. The summed E-state index contributed by atoms with van der Waals surface area (Å²) in [5, 5.41) is 0.419. The molecular formula is C20H25N3O2. The molecule has 5 heteroatoms. The van der Waals surface area contributed by atoms with Crippen LogP contribution in [-0.4, -0.2) is 32.9 Å². The van der Waals surface area contributed by atoms with E-state index >= 15 is 0 Å². The molecule has 1 aromatic heterocycles. The number of hydrogen-bond acceptors (Lipinski definition) is 3. The van der Waals surface area contributed by atoms with Crippen molar-refractivity contribution in [2.75, 3.05) is 0 Å². The summed E-state index contributed by atoms with van der Waals surface area (Å²) in [6.07, 6.45) is 9.36. The molecule has 0 unspecified atom stereocenters. The number of amides is 1. The normalized spacial score (nSPS) is 23.6. The summed E-state index contributed by atoms with van der Waals surface area (Å²) < 4.78 is 0. The van der Waals surface area contributed by atoms with E-state index in [1.807, 2.05) is 6.07 Å². The van der Waals surface area contributed by atoms with Crippen LogP contribution in [0.1, 0.15) is 62.2 Å². The molecule has 0 spiro atoms. The molecule has 2 saturated carbocycles. The molecule has 2 aliphatic carbocycles. The van der Waals surface area contributed by atoms with Gasteiger partial charge in [0.2, 0.25) is 0 Å². The van der Waals surface area contributed by atoms with Crippen LogP contribution in [-0.2, 0) is 0 Å². The van der Waals surface area contributed by atoms with E-state index in [1.165, 1.54) is 25.6 Å². The van der Waals surface area contributed by atoms with E-state index in [0.29, 0.717) is 28.6 Å². The Kier molecular flexibility index (Phi) is 4.32. The number of aromatic amines is 1. The second-order valence-electron chi connectivity index (χ2n) is 7.46. The molecule has 2 fully saturated rings. The summed E-state index contributed by atoms with van der Waals surface area (Å²) >= 11 is 0. The lowest BCUT2D eigenvalue weighted by atomic mass is 9.83. The Morgan fingerprint density at radius 2 is 1.84 bits per heavy atom. The fourth-order valence-electron chi connectivity index (χ4n) is 4.25. The molecule has 2 aliphatic rings. The maximum absolute atomic E-state index is 13.4. The molecule has 2 aromatic rings. The average Bonchev–Trinajstić information content (AvgIpc) is 3.47. The van der Waals surface area contributed by atoms with E-state index in [9.17, 15) is 9.59 Å². The summed E-state index contributed by atoms with van der Waals surface area (Å²) in [5.41, 5.74) is 0.843. The van der Waals surface area contributed by atoms with Gasteiger partial charge in [0, 0.05) is 12.1 Å². The van der Waals surface area contributed by atoms with Gasteiger partial charge in [-0.15, -0.1) is 0 Å². The molecule has 1 aromatic carbocycles. The van der Waals surface area contributed by atoms with Crippen molar-refractivity contribution < 1.29 is 4.79 Å². The highest BCUT2D eigenvalue weighted by Gasteiger charge is 2.39. The molecule has 1 N–H and O–H groups in total. The van der Waals surface area contributed by atoms with Gasteiger partial charge in [0.25, 0.3) is 11.5 Å². The molecule has 0 bridgehead atoms. The summed E-state index contributed by atoms with van der Waals surface area (Å²) in [6.45, 7) is 2.25. The first-order chi connectivity index (χ1) is 12.2. The van der Waals surface area contributed by atoms with Crippen LogP contribution in [0.15, 0.2) is 29.3 Å². The van der Waals surface area contributed by atoms with Gasteiger partial charge in [-0.2, -0.15) is 0 Å². The van der Waals surface area contributed by atoms with E-state index in [4.69, 9.17) is 0 Å². The first-order valence-electron chi connectivity index (χ1n) is 9.48. The fourth-order valence-corrected chi connectivity index (χ4v) is 4.25. The predicted octanol–water partition coefficient (Wildman–Crippen LogP) is 3.50. The Hall–Kier alpha value is -2.17. The molecule has 0 radical (unpaired) electrons. The third-order valence-corrected chi connectivity index (χ3v) is 5.86. The molecule has 1 amide bonds. The van der Waals surface area contributed by atoms with E-state index in [-0.39, 0.29) is 11.5 Å². The quantitative estimate of drug-likeness (QED) is 0.927. The standard InChI is InChI=1S/C20H25N3O2/c1-2-13-6-8-14(9-7-13)23(15-10-11-15)20(25)16-4-3-5-17-18(16)19(24)22-12-21-17/h3-5,12-15H,2,6-11H2,1H3,(H,21,22,24). The number of carbonyl (C=O) groups is 1. The number of nitrogens with zero attached hydrogens (tertiary/aromatic N) is 2. The van der Waals surface area contributed by atoms with Gasteiger partial charge in [0.15, 0.2) is 0 Å². The summed E-state index contributed by atoms with van der Waals surface area (Å²) in [6, 6.07) is 6.04. The molecule has 0 atom stereocenters. The van der Waals surface area contributed by atoms with E-state index in [2.05, 4.69) is 21.8 Å². The SMILES string of the molecule is CCC1CCC(N(C(=O)c2cccc3nc[nH]c(=O)c23)C2CC2)CC1. The Morgan fingerprint density at radius 1 is 1.16 bits per heavy atom. The molecule has 25 heavy (non-hydrogen) atoms. The molecular weight excluding hydrogens is 314 g/mol. The number of H-pyrrole nitrogens is 1. The minimum absolute atomic E-state index is 0.00606.